The van der Waals surface area contributed by atoms with Crippen LogP contribution in [-0.2, 0) is 16.4 Å². The van der Waals surface area contributed by atoms with Crippen molar-refractivity contribution in [1.82, 2.24) is 4.72 Å². The molecule has 0 unspecified atom stereocenters. The zero-order valence-electron chi connectivity index (χ0n) is 9.72. The third-order valence-corrected chi connectivity index (χ3v) is 4.60. The van der Waals surface area contributed by atoms with Crippen LogP contribution in [0.5, 0.6) is 0 Å². The Balaban J connectivity index is 1.90. The van der Waals surface area contributed by atoms with E-state index in [9.17, 15) is 8.42 Å². The summed E-state index contributed by atoms with van der Waals surface area (Å²) in [4.78, 5) is 0. The van der Waals surface area contributed by atoms with Gasteiger partial charge in [0.15, 0.2) is 0 Å². The predicted molar refractivity (Wildman–Crippen MR) is 68.1 cm³/mol. The van der Waals surface area contributed by atoms with Gasteiger partial charge in [0.2, 0.25) is 10.0 Å². The molecule has 5 heteroatoms. The molecule has 1 aromatic rings. The lowest BCUT2D eigenvalue weighted by Gasteiger charge is -2.14. The van der Waals surface area contributed by atoms with Crippen LogP contribution in [0.1, 0.15) is 18.4 Å². The maximum Gasteiger partial charge on any atom is 0.212 e. The van der Waals surface area contributed by atoms with Gasteiger partial charge in [-0.1, -0.05) is 30.3 Å². The van der Waals surface area contributed by atoms with Gasteiger partial charge in [-0.15, -0.1) is 0 Å². The van der Waals surface area contributed by atoms with E-state index in [1.54, 1.807) is 0 Å². The molecule has 1 aromatic carbocycles. The summed E-state index contributed by atoms with van der Waals surface area (Å²) in [5.41, 5.74) is 6.26. The topological polar surface area (TPSA) is 72.2 Å². The van der Waals surface area contributed by atoms with Crippen molar-refractivity contribution in [3.63, 3.8) is 0 Å². The predicted octanol–water partition coefficient (Wildman–Crippen LogP) is 0.640. The van der Waals surface area contributed by atoms with Gasteiger partial charge < -0.3 is 5.73 Å². The lowest BCUT2D eigenvalue weighted by Crippen LogP contribution is -2.43. The number of sulfonamides is 1. The van der Waals surface area contributed by atoms with Crippen molar-refractivity contribution < 1.29 is 8.42 Å². The lowest BCUT2D eigenvalue weighted by atomic mass is 10.2. The minimum Gasteiger partial charge on any atom is -0.329 e. The van der Waals surface area contributed by atoms with Gasteiger partial charge in [-0.2, -0.15) is 0 Å². The Labute approximate surface area is 102 Å². The minimum atomic E-state index is -3.22. The van der Waals surface area contributed by atoms with Crippen molar-refractivity contribution >= 4 is 10.0 Å². The first-order valence-corrected chi connectivity index (χ1v) is 7.46. The summed E-state index contributed by atoms with van der Waals surface area (Å²) in [5.74, 6) is 0.124. The molecule has 1 saturated carbocycles. The van der Waals surface area contributed by atoms with Crippen molar-refractivity contribution in [3.05, 3.63) is 35.9 Å². The van der Waals surface area contributed by atoms with Crippen LogP contribution in [0, 0.1) is 0 Å². The first-order chi connectivity index (χ1) is 8.05. The van der Waals surface area contributed by atoms with Crippen LogP contribution in [-0.4, -0.2) is 26.3 Å². The van der Waals surface area contributed by atoms with Crippen LogP contribution >= 0.6 is 0 Å². The normalized spacial score (nSPS) is 17.9. The number of aryl methyl sites for hydroxylation is 1. The first kappa shape index (κ1) is 12.5. The smallest absolute Gasteiger partial charge is 0.212 e. The maximum atomic E-state index is 11.9. The average Bonchev–Trinajstić information content (AvgIpc) is 3.08. The van der Waals surface area contributed by atoms with Gasteiger partial charge in [0, 0.05) is 12.1 Å². The van der Waals surface area contributed by atoms with E-state index >= 15 is 0 Å². The fourth-order valence-corrected chi connectivity index (χ4v) is 3.33. The molecule has 3 N–H and O–H groups in total. The highest BCUT2D eigenvalue weighted by Gasteiger charge is 2.44. The van der Waals surface area contributed by atoms with E-state index < -0.39 is 10.0 Å². The molecule has 0 spiro atoms. The Morgan fingerprint density at radius 3 is 2.41 bits per heavy atom. The van der Waals surface area contributed by atoms with Crippen molar-refractivity contribution in [3.8, 4) is 0 Å². The highest BCUT2D eigenvalue weighted by molar-refractivity contribution is 7.89. The summed E-state index contributed by atoms with van der Waals surface area (Å²) in [5, 5.41) is 0. The first-order valence-electron chi connectivity index (χ1n) is 5.81. The lowest BCUT2D eigenvalue weighted by molar-refractivity contribution is 0.544. The summed E-state index contributed by atoms with van der Waals surface area (Å²) in [6.45, 7) is 0.386. The van der Waals surface area contributed by atoms with Crippen molar-refractivity contribution in [2.75, 3.05) is 12.3 Å². The molecule has 17 heavy (non-hydrogen) atoms. The largest absolute Gasteiger partial charge is 0.329 e. The Bertz CT molecular complexity index is 467. The molecular weight excluding hydrogens is 236 g/mol. The summed E-state index contributed by atoms with van der Waals surface area (Å²) >= 11 is 0. The standard InChI is InChI=1S/C12H18N2O2S/c13-10-12(7-8-12)14-17(15,16)9-6-11-4-2-1-3-5-11/h1-5,14H,6-10,13H2. The average molecular weight is 254 g/mol. The van der Waals surface area contributed by atoms with Crippen molar-refractivity contribution in [1.29, 1.82) is 0 Å². The second-order valence-electron chi connectivity index (χ2n) is 4.64. The molecule has 0 atom stereocenters. The molecule has 0 aromatic heterocycles. The number of nitrogens with one attached hydrogen (secondary N) is 1. The van der Waals surface area contributed by atoms with Crippen LogP contribution in [0.4, 0.5) is 0 Å². The molecule has 0 saturated heterocycles. The molecule has 0 heterocycles. The Morgan fingerprint density at radius 2 is 1.88 bits per heavy atom. The van der Waals surface area contributed by atoms with Gasteiger partial charge in [0.05, 0.1) is 5.75 Å². The molecule has 0 radical (unpaired) electrons. The van der Waals surface area contributed by atoms with Gasteiger partial charge in [-0.3, -0.25) is 0 Å². The van der Waals surface area contributed by atoms with Crippen LogP contribution in [0.3, 0.4) is 0 Å². The number of hydrogen-bond donors (Lipinski definition) is 2. The van der Waals surface area contributed by atoms with E-state index in [1.165, 1.54) is 0 Å². The second-order valence-corrected chi connectivity index (χ2v) is 6.48. The number of benzene rings is 1. The van der Waals surface area contributed by atoms with Crippen LogP contribution in [0.15, 0.2) is 30.3 Å². The van der Waals surface area contributed by atoms with Gasteiger partial charge in [0.1, 0.15) is 0 Å². The van der Waals surface area contributed by atoms with Crippen molar-refractivity contribution in [2.45, 2.75) is 24.8 Å². The van der Waals surface area contributed by atoms with Crippen molar-refractivity contribution in [2.24, 2.45) is 5.73 Å². The van der Waals surface area contributed by atoms with Gasteiger partial charge in [-0.05, 0) is 24.8 Å². The summed E-state index contributed by atoms with van der Waals surface area (Å²) in [6, 6.07) is 9.62. The quantitative estimate of drug-likeness (QED) is 0.782. The number of hydrogen-bond acceptors (Lipinski definition) is 3. The fourth-order valence-electron chi connectivity index (χ4n) is 1.78. The Morgan fingerprint density at radius 1 is 1.24 bits per heavy atom. The van der Waals surface area contributed by atoms with E-state index in [0.29, 0.717) is 13.0 Å². The SMILES string of the molecule is NCC1(NS(=O)(=O)CCc2ccccc2)CC1. The third-order valence-electron chi connectivity index (χ3n) is 3.12. The van der Waals surface area contributed by atoms with Crippen LogP contribution in [0.2, 0.25) is 0 Å². The highest BCUT2D eigenvalue weighted by Crippen LogP contribution is 2.34. The second kappa shape index (κ2) is 4.76. The molecule has 0 aliphatic heterocycles. The van der Waals surface area contributed by atoms with Gasteiger partial charge >= 0.3 is 0 Å². The summed E-state index contributed by atoms with van der Waals surface area (Å²) in [7, 11) is -3.22. The summed E-state index contributed by atoms with van der Waals surface area (Å²) < 4.78 is 26.4. The maximum absolute atomic E-state index is 11.9. The molecule has 0 bridgehead atoms. The molecular formula is C12H18N2O2S. The van der Waals surface area contributed by atoms with E-state index in [4.69, 9.17) is 5.73 Å². The molecule has 2 rings (SSSR count). The molecule has 1 aliphatic carbocycles. The number of rotatable bonds is 6. The molecule has 0 amide bonds. The van der Waals surface area contributed by atoms with Gasteiger partial charge in [-0.25, -0.2) is 13.1 Å². The van der Waals surface area contributed by atoms with E-state index in [2.05, 4.69) is 4.72 Å². The molecule has 1 aliphatic rings. The molecule has 1 fully saturated rings. The fraction of sp³-hybridized carbons (Fsp3) is 0.500. The van der Waals surface area contributed by atoms with Gasteiger partial charge in [0.25, 0.3) is 0 Å². The minimum absolute atomic E-state index is 0.124. The third kappa shape index (κ3) is 3.52. The zero-order chi connectivity index (χ0) is 12.4. The molecule has 4 nitrogen and oxygen atoms in total. The Kier molecular flexibility index (Phi) is 3.51. The zero-order valence-corrected chi connectivity index (χ0v) is 10.5. The van der Waals surface area contributed by atoms with E-state index in [0.717, 1.165) is 18.4 Å². The monoisotopic (exact) mass is 254 g/mol. The Hall–Kier alpha value is -0.910. The van der Waals surface area contributed by atoms with E-state index in [1.807, 2.05) is 30.3 Å². The number of nitrogens with two attached hydrogens (primary N) is 1. The van der Waals surface area contributed by atoms with Crippen LogP contribution in [0.25, 0.3) is 0 Å². The van der Waals surface area contributed by atoms with Crippen LogP contribution < -0.4 is 10.5 Å². The van der Waals surface area contributed by atoms with E-state index in [-0.39, 0.29) is 11.3 Å². The molecule has 94 valence electrons. The summed E-state index contributed by atoms with van der Waals surface area (Å²) in [6.07, 6.45) is 2.25. The highest BCUT2D eigenvalue weighted by atomic mass is 32.2.